The summed E-state index contributed by atoms with van der Waals surface area (Å²) in [6, 6.07) is 0. The Morgan fingerprint density at radius 3 is 1.97 bits per heavy atom. The van der Waals surface area contributed by atoms with E-state index in [-0.39, 0.29) is 25.9 Å². The fourth-order valence-corrected chi connectivity index (χ4v) is 4.97. The summed E-state index contributed by atoms with van der Waals surface area (Å²) < 4.78 is 44.8. The molecule has 0 saturated heterocycles. The summed E-state index contributed by atoms with van der Waals surface area (Å²) in [7, 11) is -8.18. The Morgan fingerprint density at radius 2 is 1.35 bits per heavy atom. The second-order valence-corrected chi connectivity index (χ2v) is 11.1. The standard InChI is InChI=1S/C20H45NO8P2/c1-3-5-7-9-10-12-15-26-18-20(19-28-31(24,25)27-16-14-21)29-30(22,23)17-13-11-8-6-4-2/h20H,3-19,21H2,1-2H3,(H,22,23)(H,24,25)/t20-/m0/s1. The lowest BCUT2D eigenvalue weighted by Crippen LogP contribution is -2.25. The molecule has 0 radical (unpaired) electrons. The van der Waals surface area contributed by atoms with Crippen molar-refractivity contribution >= 4 is 15.4 Å². The highest BCUT2D eigenvalue weighted by atomic mass is 31.2. The van der Waals surface area contributed by atoms with Gasteiger partial charge in [0.25, 0.3) is 0 Å². The Kier molecular flexibility index (Phi) is 19.7. The van der Waals surface area contributed by atoms with Gasteiger partial charge in [-0.15, -0.1) is 0 Å². The van der Waals surface area contributed by atoms with E-state index in [0.717, 1.165) is 44.9 Å². The summed E-state index contributed by atoms with van der Waals surface area (Å²) in [6.45, 7) is 4.29. The lowest BCUT2D eigenvalue weighted by atomic mass is 10.1. The number of phosphoric ester groups is 1. The minimum absolute atomic E-state index is 0.00770. The number of nitrogens with two attached hydrogens (primary N) is 1. The average molecular weight is 490 g/mol. The van der Waals surface area contributed by atoms with Crippen molar-refractivity contribution in [2.24, 2.45) is 5.73 Å². The summed E-state index contributed by atoms with van der Waals surface area (Å²) in [5.41, 5.74) is 5.26. The van der Waals surface area contributed by atoms with Crippen LogP contribution in [0.3, 0.4) is 0 Å². The van der Waals surface area contributed by atoms with E-state index in [1.54, 1.807) is 0 Å². The van der Waals surface area contributed by atoms with Crippen LogP contribution in [-0.2, 0) is 27.4 Å². The van der Waals surface area contributed by atoms with Crippen LogP contribution in [0.1, 0.15) is 84.5 Å². The highest BCUT2D eigenvalue weighted by Gasteiger charge is 2.29. The van der Waals surface area contributed by atoms with Gasteiger partial charge in [0.1, 0.15) is 6.10 Å². The zero-order chi connectivity index (χ0) is 23.4. The van der Waals surface area contributed by atoms with E-state index in [1.165, 1.54) is 19.3 Å². The topological polar surface area (TPSA) is 138 Å². The first-order chi connectivity index (χ1) is 14.8. The molecule has 0 aliphatic carbocycles. The van der Waals surface area contributed by atoms with Crippen LogP contribution in [0, 0.1) is 0 Å². The molecule has 2 unspecified atom stereocenters. The van der Waals surface area contributed by atoms with Gasteiger partial charge in [0, 0.05) is 19.3 Å². The molecule has 9 nitrogen and oxygen atoms in total. The molecule has 188 valence electrons. The van der Waals surface area contributed by atoms with Gasteiger partial charge >= 0.3 is 15.4 Å². The number of phosphoric acid groups is 1. The van der Waals surface area contributed by atoms with E-state index in [9.17, 15) is 18.9 Å². The van der Waals surface area contributed by atoms with Crippen LogP contribution in [0.25, 0.3) is 0 Å². The molecule has 0 aromatic carbocycles. The van der Waals surface area contributed by atoms with Gasteiger partial charge in [-0.2, -0.15) is 0 Å². The van der Waals surface area contributed by atoms with Gasteiger partial charge in [0.05, 0.1) is 19.8 Å². The van der Waals surface area contributed by atoms with Crippen molar-refractivity contribution in [1.82, 2.24) is 0 Å². The predicted octanol–water partition coefficient (Wildman–Crippen LogP) is 5.00. The van der Waals surface area contributed by atoms with E-state index < -0.39 is 28.1 Å². The van der Waals surface area contributed by atoms with Gasteiger partial charge in [0.15, 0.2) is 0 Å². The first kappa shape index (κ1) is 31.2. The lowest BCUT2D eigenvalue weighted by molar-refractivity contribution is 0.0102. The third kappa shape index (κ3) is 20.5. The summed E-state index contributed by atoms with van der Waals surface area (Å²) in [4.78, 5) is 19.8. The Hall–Kier alpha value is 0.180. The monoisotopic (exact) mass is 489 g/mol. The second kappa shape index (κ2) is 19.6. The first-order valence-electron chi connectivity index (χ1n) is 11.7. The Labute approximate surface area is 188 Å². The number of hydrogen-bond acceptors (Lipinski definition) is 7. The maximum absolute atomic E-state index is 12.4. The van der Waals surface area contributed by atoms with Gasteiger partial charge in [0.2, 0.25) is 0 Å². The second-order valence-electron chi connectivity index (χ2n) is 7.73. The van der Waals surface area contributed by atoms with Crippen molar-refractivity contribution in [1.29, 1.82) is 0 Å². The van der Waals surface area contributed by atoms with Crippen LogP contribution >= 0.6 is 15.4 Å². The third-order valence-electron chi connectivity index (χ3n) is 4.60. The molecule has 0 amide bonds. The third-order valence-corrected chi connectivity index (χ3v) is 7.09. The molecule has 0 heterocycles. The van der Waals surface area contributed by atoms with E-state index in [1.807, 2.05) is 0 Å². The van der Waals surface area contributed by atoms with E-state index in [2.05, 4.69) is 18.4 Å². The molecule has 11 heteroatoms. The molecule has 0 aromatic rings. The zero-order valence-corrected chi connectivity index (χ0v) is 21.2. The van der Waals surface area contributed by atoms with Crippen LogP contribution in [0.4, 0.5) is 0 Å². The Bertz CT molecular complexity index is 510. The molecule has 0 bridgehead atoms. The quantitative estimate of drug-likeness (QED) is 0.134. The van der Waals surface area contributed by atoms with Gasteiger partial charge in [-0.25, -0.2) is 4.57 Å². The molecule has 0 aliphatic heterocycles. The maximum Gasteiger partial charge on any atom is 0.472 e. The minimum atomic E-state index is -4.31. The van der Waals surface area contributed by atoms with Crippen LogP contribution in [0.2, 0.25) is 0 Å². The fourth-order valence-electron chi connectivity index (χ4n) is 2.89. The fraction of sp³-hybridized carbons (Fsp3) is 1.00. The van der Waals surface area contributed by atoms with E-state index >= 15 is 0 Å². The molecule has 0 aromatic heterocycles. The van der Waals surface area contributed by atoms with Crippen LogP contribution in [-0.4, -0.2) is 55.0 Å². The van der Waals surface area contributed by atoms with E-state index in [4.69, 9.17) is 19.5 Å². The van der Waals surface area contributed by atoms with Crippen molar-refractivity contribution in [3.63, 3.8) is 0 Å². The zero-order valence-electron chi connectivity index (χ0n) is 19.4. The number of unbranched alkanes of at least 4 members (excludes halogenated alkanes) is 9. The molecule has 3 atom stereocenters. The summed E-state index contributed by atoms with van der Waals surface area (Å²) in [5.74, 6) is 0. The van der Waals surface area contributed by atoms with Gasteiger partial charge < -0.3 is 24.8 Å². The molecule has 0 fully saturated rings. The van der Waals surface area contributed by atoms with Crippen molar-refractivity contribution in [3.05, 3.63) is 0 Å². The Morgan fingerprint density at radius 1 is 0.774 bits per heavy atom. The molecule has 0 aliphatic rings. The highest BCUT2D eigenvalue weighted by Crippen LogP contribution is 2.47. The van der Waals surface area contributed by atoms with Crippen LogP contribution in [0.5, 0.6) is 0 Å². The SMILES string of the molecule is CCCCCCCCOC[C@@H](COP(=O)(O)OCCN)OP(=O)(O)CCCCCCC. The van der Waals surface area contributed by atoms with Crippen LogP contribution < -0.4 is 5.73 Å². The number of ether oxygens (including phenoxy) is 1. The molecule has 0 spiro atoms. The largest absolute Gasteiger partial charge is 0.472 e. The molecule has 0 rings (SSSR count). The van der Waals surface area contributed by atoms with Crippen molar-refractivity contribution < 1.29 is 37.2 Å². The smallest absolute Gasteiger partial charge is 0.379 e. The predicted molar refractivity (Wildman–Crippen MR) is 123 cm³/mol. The first-order valence-corrected chi connectivity index (χ1v) is 14.9. The minimum Gasteiger partial charge on any atom is -0.379 e. The normalized spacial score (nSPS) is 16.7. The van der Waals surface area contributed by atoms with Crippen molar-refractivity contribution in [2.45, 2.75) is 90.6 Å². The molecular formula is C20H45NO8P2. The van der Waals surface area contributed by atoms with Gasteiger partial charge in [-0.1, -0.05) is 71.6 Å². The lowest BCUT2D eigenvalue weighted by Gasteiger charge is -2.22. The van der Waals surface area contributed by atoms with Gasteiger partial charge in [-0.05, 0) is 12.8 Å². The average Bonchev–Trinajstić information content (AvgIpc) is 2.72. The summed E-state index contributed by atoms with van der Waals surface area (Å²) in [6.07, 6.45) is 10.4. The van der Waals surface area contributed by atoms with Crippen LogP contribution in [0.15, 0.2) is 0 Å². The molecule has 4 N–H and O–H groups in total. The summed E-state index contributed by atoms with van der Waals surface area (Å²) in [5, 5.41) is 0. The van der Waals surface area contributed by atoms with Crippen molar-refractivity contribution in [2.75, 3.05) is 39.1 Å². The molecular weight excluding hydrogens is 444 g/mol. The highest BCUT2D eigenvalue weighted by molar-refractivity contribution is 7.52. The number of hydrogen-bond donors (Lipinski definition) is 3. The summed E-state index contributed by atoms with van der Waals surface area (Å²) >= 11 is 0. The number of rotatable bonds is 23. The molecule has 31 heavy (non-hydrogen) atoms. The molecule has 0 saturated carbocycles. The maximum atomic E-state index is 12.4. The van der Waals surface area contributed by atoms with Crippen molar-refractivity contribution in [3.8, 4) is 0 Å². The van der Waals surface area contributed by atoms with Gasteiger partial charge in [-0.3, -0.25) is 13.6 Å². The Balaban J connectivity index is 4.50. The van der Waals surface area contributed by atoms with E-state index in [0.29, 0.717) is 13.0 Å².